The van der Waals surface area contributed by atoms with Crippen molar-refractivity contribution in [3.63, 3.8) is 0 Å². The molecular formula is C28H50N2O5. The van der Waals surface area contributed by atoms with E-state index >= 15 is 0 Å². The normalized spacial score (nSPS) is 34.6. The second kappa shape index (κ2) is 12.9. The van der Waals surface area contributed by atoms with Gasteiger partial charge in [0.15, 0.2) is 0 Å². The maximum Gasteiger partial charge on any atom is 0.225 e. The molecule has 35 heavy (non-hydrogen) atoms. The lowest BCUT2D eigenvalue weighted by Gasteiger charge is -2.56. The van der Waals surface area contributed by atoms with Gasteiger partial charge in [-0.3, -0.25) is 9.59 Å². The van der Waals surface area contributed by atoms with Crippen LogP contribution < -0.4 is 5.32 Å². The van der Waals surface area contributed by atoms with E-state index in [0.717, 1.165) is 51.4 Å². The van der Waals surface area contributed by atoms with Crippen molar-refractivity contribution in [2.24, 2.45) is 35.0 Å². The molecule has 0 aliphatic heterocycles. The van der Waals surface area contributed by atoms with E-state index in [2.05, 4.69) is 19.2 Å². The number of rotatable bonds is 10. The molecule has 3 rings (SSSR count). The van der Waals surface area contributed by atoms with Crippen LogP contribution in [0.2, 0.25) is 0 Å². The van der Waals surface area contributed by atoms with Crippen LogP contribution in [0.1, 0.15) is 78.6 Å². The van der Waals surface area contributed by atoms with Crippen molar-refractivity contribution in [3.05, 3.63) is 0 Å². The molecule has 3 saturated carbocycles. The van der Waals surface area contributed by atoms with Gasteiger partial charge in [0.05, 0.1) is 19.3 Å². The lowest BCUT2D eigenvalue weighted by atomic mass is 9.51. The highest BCUT2D eigenvalue weighted by Crippen LogP contribution is 2.55. The van der Waals surface area contributed by atoms with Crippen molar-refractivity contribution in [1.29, 1.82) is 0 Å². The minimum atomic E-state index is -0.552. The molecule has 7 atom stereocenters. The molecule has 1 unspecified atom stereocenters. The fraction of sp³-hybridized carbons (Fsp3) is 0.929. The Morgan fingerprint density at radius 1 is 1.03 bits per heavy atom. The topological polar surface area (TPSA) is 88.1 Å². The fourth-order valence-corrected chi connectivity index (χ4v) is 7.37. The first-order valence-electron chi connectivity index (χ1n) is 14.0. The summed E-state index contributed by atoms with van der Waals surface area (Å²) < 4.78 is 10.4. The molecule has 7 nitrogen and oxygen atoms in total. The average molecular weight is 495 g/mol. The summed E-state index contributed by atoms with van der Waals surface area (Å²) in [5.41, 5.74) is 0.0515. The molecule has 7 heteroatoms. The zero-order chi connectivity index (χ0) is 25.6. The molecule has 0 radical (unpaired) electrons. The van der Waals surface area contributed by atoms with Gasteiger partial charge in [0, 0.05) is 45.2 Å². The molecule has 3 aliphatic carbocycles. The van der Waals surface area contributed by atoms with Crippen LogP contribution in [-0.4, -0.2) is 74.5 Å². The molecule has 0 saturated heterocycles. The number of fused-ring (bicyclic) bond motifs is 1. The Morgan fingerprint density at radius 3 is 2.23 bits per heavy atom. The maximum atomic E-state index is 13.5. The molecule has 0 aromatic rings. The summed E-state index contributed by atoms with van der Waals surface area (Å²) in [6, 6.07) is 0.0989. The van der Waals surface area contributed by atoms with E-state index in [1.54, 1.807) is 14.2 Å². The number of methoxy groups -OCH3 is 2. The number of aliphatic hydroxyl groups is 1. The maximum absolute atomic E-state index is 13.5. The van der Waals surface area contributed by atoms with Crippen LogP contribution in [0, 0.1) is 35.0 Å². The van der Waals surface area contributed by atoms with E-state index in [0.29, 0.717) is 26.3 Å². The average Bonchev–Trinajstić information content (AvgIpc) is 2.85. The van der Waals surface area contributed by atoms with Crippen molar-refractivity contribution in [2.75, 3.05) is 40.5 Å². The van der Waals surface area contributed by atoms with Crippen LogP contribution >= 0.6 is 0 Å². The molecular weight excluding hydrogens is 444 g/mol. The molecule has 0 heterocycles. The number of amides is 2. The number of hydrogen-bond donors (Lipinski definition) is 2. The Balaban J connectivity index is 1.69. The van der Waals surface area contributed by atoms with Gasteiger partial charge < -0.3 is 24.8 Å². The number of nitrogens with zero attached hydrogens (tertiary/aromatic N) is 1. The Labute approximate surface area is 212 Å². The molecule has 0 aromatic carbocycles. The standard InChI is InChI=1S/C28H50N2O5/c1-19(27(33)30(15-17-34-4)16-18-35-5)22-11-13-28(3)14-12-23(20(2)24(28)25(22)31)29-26(32)21-9-7-6-8-10-21/h19-25,31H,6-18H2,1-5H3,(H,29,32)/t19-,20+,22?,23-,24+,25-,28-/m0/s1. The lowest BCUT2D eigenvalue weighted by Crippen LogP contribution is -2.59. The van der Waals surface area contributed by atoms with Gasteiger partial charge in [-0.1, -0.05) is 40.0 Å². The van der Waals surface area contributed by atoms with E-state index < -0.39 is 6.10 Å². The first-order valence-corrected chi connectivity index (χ1v) is 14.0. The highest BCUT2D eigenvalue weighted by atomic mass is 16.5. The Kier molecular flexibility index (Phi) is 10.4. The summed E-state index contributed by atoms with van der Waals surface area (Å²) in [4.78, 5) is 28.3. The molecule has 202 valence electrons. The lowest BCUT2D eigenvalue weighted by molar-refractivity contribution is -0.152. The minimum Gasteiger partial charge on any atom is -0.392 e. The monoisotopic (exact) mass is 494 g/mol. The summed E-state index contributed by atoms with van der Waals surface area (Å²) in [5, 5.41) is 15.1. The number of nitrogens with one attached hydrogen (secondary N) is 1. The summed E-state index contributed by atoms with van der Waals surface area (Å²) in [7, 11) is 3.28. The van der Waals surface area contributed by atoms with Crippen LogP contribution in [0.3, 0.4) is 0 Å². The van der Waals surface area contributed by atoms with E-state index in [-0.39, 0.29) is 52.9 Å². The minimum absolute atomic E-state index is 0.0515. The third kappa shape index (κ3) is 6.58. The van der Waals surface area contributed by atoms with Gasteiger partial charge >= 0.3 is 0 Å². The first kappa shape index (κ1) is 28.4. The van der Waals surface area contributed by atoms with Crippen molar-refractivity contribution >= 4 is 11.8 Å². The predicted octanol–water partition coefficient (Wildman–Crippen LogP) is 3.63. The molecule has 0 bridgehead atoms. The van der Waals surface area contributed by atoms with Crippen LogP contribution in [0.5, 0.6) is 0 Å². The quantitative estimate of drug-likeness (QED) is 0.484. The van der Waals surface area contributed by atoms with Crippen LogP contribution in [-0.2, 0) is 19.1 Å². The van der Waals surface area contributed by atoms with E-state index in [1.807, 2.05) is 11.8 Å². The molecule has 2 N–H and O–H groups in total. The van der Waals surface area contributed by atoms with Crippen LogP contribution in [0.25, 0.3) is 0 Å². The smallest absolute Gasteiger partial charge is 0.225 e. The zero-order valence-electron chi connectivity index (χ0n) is 22.8. The summed E-state index contributed by atoms with van der Waals surface area (Å²) in [6.07, 6.45) is 8.84. The van der Waals surface area contributed by atoms with Gasteiger partial charge in [0.1, 0.15) is 0 Å². The molecule has 3 aliphatic rings. The number of carbonyl (C=O) groups is 2. The van der Waals surface area contributed by atoms with Crippen molar-refractivity contribution in [1.82, 2.24) is 10.2 Å². The third-order valence-corrected chi connectivity index (χ3v) is 9.67. The van der Waals surface area contributed by atoms with Crippen molar-refractivity contribution in [2.45, 2.75) is 90.7 Å². The molecule has 3 fully saturated rings. The molecule has 0 aromatic heterocycles. The largest absolute Gasteiger partial charge is 0.392 e. The van der Waals surface area contributed by atoms with Crippen LogP contribution in [0.4, 0.5) is 0 Å². The predicted molar refractivity (Wildman–Crippen MR) is 137 cm³/mol. The highest BCUT2D eigenvalue weighted by Gasteiger charge is 2.54. The van der Waals surface area contributed by atoms with Gasteiger partial charge in [-0.25, -0.2) is 0 Å². The van der Waals surface area contributed by atoms with Crippen LogP contribution in [0.15, 0.2) is 0 Å². The van der Waals surface area contributed by atoms with Gasteiger partial charge in [-0.2, -0.15) is 0 Å². The number of carbonyl (C=O) groups excluding carboxylic acids is 2. The van der Waals surface area contributed by atoms with Gasteiger partial charge in [-0.05, 0) is 61.7 Å². The number of ether oxygens (including phenoxy) is 2. The van der Waals surface area contributed by atoms with Gasteiger partial charge in [0.25, 0.3) is 0 Å². The number of aliphatic hydroxyl groups excluding tert-OH is 1. The summed E-state index contributed by atoms with van der Waals surface area (Å²) in [6.45, 7) is 8.50. The second-order valence-electron chi connectivity index (χ2n) is 11.8. The Bertz CT molecular complexity index is 689. The SMILES string of the molecule is COCCN(CCOC)C(=O)[C@@H](C)C1CC[C@@]2(C)CC[C@H](NC(=O)C3CCCCC3)[C@@H](C)[C@@H]2[C@H]1O. The molecule has 0 spiro atoms. The van der Waals surface area contributed by atoms with E-state index in [1.165, 1.54) is 6.42 Å². The van der Waals surface area contributed by atoms with Crippen molar-refractivity contribution in [3.8, 4) is 0 Å². The first-order chi connectivity index (χ1) is 16.7. The molecule has 2 amide bonds. The third-order valence-electron chi connectivity index (χ3n) is 9.67. The van der Waals surface area contributed by atoms with Gasteiger partial charge in [0.2, 0.25) is 11.8 Å². The van der Waals surface area contributed by atoms with E-state index in [9.17, 15) is 14.7 Å². The fourth-order valence-electron chi connectivity index (χ4n) is 7.37. The zero-order valence-corrected chi connectivity index (χ0v) is 22.8. The Hall–Kier alpha value is -1.18. The van der Waals surface area contributed by atoms with Gasteiger partial charge in [-0.15, -0.1) is 0 Å². The number of hydrogen-bond acceptors (Lipinski definition) is 5. The summed E-state index contributed by atoms with van der Waals surface area (Å²) in [5.74, 6) is 0.333. The van der Waals surface area contributed by atoms with E-state index in [4.69, 9.17) is 9.47 Å². The summed E-state index contributed by atoms with van der Waals surface area (Å²) >= 11 is 0. The Morgan fingerprint density at radius 2 is 1.63 bits per heavy atom. The highest BCUT2D eigenvalue weighted by molar-refractivity contribution is 5.79. The second-order valence-corrected chi connectivity index (χ2v) is 11.8. The van der Waals surface area contributed by atoms with Crippen molar-refractivity contribution < 1.29 is 24.2 Å².